The van der Waals surface area contributed by atoms with Gasteiger partial charge in [-0.2, -0.15) is 0 Å². The topological polar surface area (TPSA) is 70.9 Å². The summed E-state index contributed by atoms with van der Waals surface area (Å²) in [5.41, 5.74) is 2.53. The second-order valence-electron chi connectivity index (χ2n) is 9.32. The Balaban J connectivity index is 1.50. The Morgan fingerprint density at radius 1 is 1.17 bits per heavy atom. The Morgan fingerprint density at radius 2 is 2.00 bits per heavy atom. The molecule has 1 aromatic carbocycles. The van der Waals surface area contributed by atoms with Crippen LogP contribution in [0.4, 0.5) is 10.5 Å². The van der Waals surface area contributed by atoms with Gasteiger partial charge in [-0.05, 0) is 42.7 Å². The first-order valence-corrected chi connectivity index (χ1v) is 12.9. The maximum absolute atomic E-state index is 13.5. The third-order valence-corrected chi connectivity index (χ3v) is 6.77. The van der Waals surface area contributed by atoms with Crippen molar-refractivity contribution in [2.24, 2.45) is 0 Å². The number of amides is 3. The lowest BCUT2D eigenvalue weighted by Gasteiger charge is -2.36. The van der Waals surface area contributed by atoms with Crippen LogP contribution in [0.1, 0.15) is 38.2 Å². The molecule has 8 nitrogen and oxygen atoms in total. The van der Waals surface area contributed by atoms with Gasteiger partial charge in [-0.15, -0.1) is 0 Å². The van der Waals surface area contributed by atoms with Gasteiger partial charge in [0.25, 0.3) is 0 Å². The van der Waals surface area contributed by atoms with Crippen LogP contribution < -0.4 is 9.64 Å². The predicted molar refractivity (Wildman–Crippen MR) is 143 cm³/mol. The number of halogens is 1. The summed E-state index contributed by atoms with van der Waals surface area (Å²) in [7, 11) is 3.48. The first-order chi connectivity index (χ1) is 17.4. The average molecular weight is 512 g/mol. The fraction of sp³-hybridized carbons (Fsp3) is 0.444. The van der Waals surface area contributed by atoms with E-state index in [1.165, 1.54) is 0 Å². The normalized spacial score (nSPS) is 13.9. The molecule has 0 radical (unpaired) electrons. The molecule has 1 aliphatic heterocycles. The van der Waals surface area contributed by atoms with E-state index in [1.54, 1.807) is 36.2 Å². The molecule has 36 heavy (non-hydrogen) atoms. The van der Waals surface area contributed by atoms with Gasteiger partial charge in [-0.25, -0.2) is 9.78 Å². The Morgan fingerprint density at radius 3 is 2.78 bits per heavy atom. The Labute approximate surface area is 217 Å². The minimum absolute atomic E-state index is 0.00164. The molecule has 3 heterocycles. The van der Waals surface area contributed by atoms with E-state index in [4.69, 9.17) is 16.3 Å². The van der Waals surface area contributed by atoms with Gasteiger partial charge in [0.15, 0.2) is 0 Å². The van der Waals surface area contributed by atoms with E-state index in [2.05, 4.69) is 11.9 Å². The number of fused-ring (bicyclic) bond motifs is 1. The molecule has 1 saturated heterocycles. The minimum Gasteiger partial charge on any atom is -0.492 e. The van der Waals surface area contributed by atoms with Crippen LogP contribution in [0, 0.1) is 0 Å². The SMILES string of the molecule is CCCCCOc1cc(N2CCCN(Cc3ccnc4c3ccn4CC(=O)N(C)C)C2=O)ccc1Cl. The lowest BCUT2D eigenvalue weighted by molar-refractivity contribution is -0.129. The Kier molecular flexibility index (Phi) is 8.36. The molecule has 2 aromatic heterocycles. The number of rotatable bonds is 10. The van der Waals surface area contributed by atoms with Gasteiger partial charge in [-0.1, -0.05) is 31.4 Å². The number of benzene rings is 1. The molecule has 0 unspecified atom stereocenters. The zero-order valence-corrected chi connectivity index (χ0v) is 22.0. The summed E-state index contributed by atoms with van der Waals surface area (Å²) >= 11 is 6.36. The summed E-state index contributed by atoms with van der Waals surface area (Å²) in [5.74, 6) is 0.609. The van der Waals surface area contributed by atoms with E-state index >= 15 is 0 Å². The maximum Gasteiger partial charge on any atom is 0.324 e. The maximum atomic E-state index is 13.5. The first-order valence-electron chi connectivity index (χ1n) is 12.5. The Bertz CT molecular complexity index is 1230. The lowest BCUT2D eigenvalue weighted by Crippen LogP contribution is -2.49. The number of nitrogens with zero attached hydrogens (tertiary/aromatic N) is 5. The largest absolute Gasteiger partial charge is 0.492 e. The molecular formula is C27H34ClN5O3. The highest BCUT2D eigenvalue weighted by Crippen LogP contribution is 2.32. The minimum atomic E-state index is -0.0484. The van der Waals surface area contributed by atoms with Crippen LogP contribution in [-0.2, 0) is 17.9 Å². The highest BCUT2D eigenvalue weighted by atomic mass is 35.5. The van der Waals surface area contributed by atoms with E-state index in [-0.39, 0.29) is 18.5 Å². The van der Waals surface area contributed by atoms with E-state index in [0.29, 0.717) is 37.0 Å². The third kappa shape index (κ3) is 5.75. The fourth-order valence-corrected chi connectivity index (χ4v) is 4.55. The standard InChI is InChI=1S/C27H34ClN5O3/c1-4-5-6-16-36-24-17-21(8-9-23(24)28)33-14-7-13-32(27(33)35)18-20-10-12-29-26-22(20)11-15-31(26)19-25(34)30(2)3/h8-12,15,17H,4-7,13-14,16,18-19H2,1-3H3. The van der Waals surface area contributed by atoms with Gasteiger partial charge in [-0.3, -0.25) is 9.69 Å². The van der Waals surface area contributed by atoms with Crippen molar-refractivity contribution >= 4 is 40.3 Å². The van der Waals surface area contributed by atoms with Crippen LogP contribution in [0.3, 0.4) is 0 Å². The number of carbonyl (C=O) groups excluding carboxylic acids is 2. The number of urea groups is 1. The van der Waals surface area contributed by atoms with Crippen LogP contribution in [0.15, 0.2) is 42.7 Å². The van der Waals surface area contributed by atoms with Crippen molar-refractivity contribution in [3.8, 4) is 5.75 Å². The molecule has 3 aromatic rings. The van der Waals surface area contributed by atoms with Crippen molar-refractivity contribution in [3.63, 3.8) is 0 Å². The number of carbonyl (C=O) groups is 2. The van der Waals surface area contributed by atoms with Gasteiger partial charge in [0.1, 0.15) is 17.9 Å². The van der Waals surface area contributed by atoms with Crippen molar-refractivity contribution < 1.29 is 14.3 Å². The predicted octanol–water partition coefficient (Wildman–Crippen LogP) is 5.18. The van der Waals surface area contributed by atoms with Crippen molar-refractivity contribution in [2.45, 2.75) is 45.7 Å². The van der Waals surface area contributed by atoms with Gasteiger partial charge in [0.05, 0.1) is 11.6 Å². The monoisotopic (exact) mass is 511 g/mol. The number of hydrogen-bond acceptors (Lipinski definition) is 4. The molecule has 0 spiro atoms. The van der Waals surface area contributed by atoms with Crippen LogP contribution in [0.5, 0.6) is 5.75 Å². The summed E-state index contributed by atoms with van der Waals surface area (Å²) in [6, 6.07) is 9.39. The summed E-state index contributed by atoms with van der Waals surface area (Å²) in [6.07, 6.45) is 7.67. The number of hydrogen-bond donors (Lipinski definition) is 0. The third-order valence-electron chi connectivity index (χ3n) is 6.46. The number of unbranched alkanes of at least 4 members (excludes halogenated alkanes) is 2. The molecule has 1 fully saturated rings. The van der Waals surface area contributed by atoms with Crippen molar-refractivity contribution in [3.05, 3.63) is 53.3 Å². The quantitative estimate of drug-likeness (QED) is 0.352. The lowest BCUT2D eigenvalue weighted by atomic mass is 10.1. The van der Waals surface area contributed by atoms with Crippen LogP contribution in [0.25, 0.3) is 11.0 Å². The smallest absolute Gasteiger partial charge is 0.324 e. The van der Waals surface area contributed by atoms with E-state index < -0.39 is 0 Å². The molecule has 0 bridgehead atoms. The summed E-state index contributed by atoms with van der Waals surface area (Å²) in [6.45, 7) is 4.76. The highest BCUT2D eigenvalue weighted by Gasteiger charge is 2.28. The molecular weight excluding hydrogens is 478 g/mol. The van der Waals surface area contributed by atoms with Gasteiger partial charge in [0.2, 0.25) is 5.91 Å². The number of likely N-dealkylation sites (N-methyl/N-ethyl adjacent to an activating group) is 1. The van der Waals surface area contributed by atoms with Crippen molar-refractivity contribution in [1.29, 1.82) is 0 Å². The van der Waals surface area contributed by atoms with Gasteiger partial charge in [0, 0.05) is 63.3 Å². The van der Waals surface area contributed by atoms with E-state index in [0.717, 1.165) is 48.0 Å². The zero-order valence-electron chi connectivity index (χ0n) is 21.2. The molecule has 0 saturated carbocycles. The molecule has 0 aliphatic carbocycles. The second kappa shape index (κ2) is 11.6. The van der Waals surface area contributed by atoms with Crippen LogP contribution >= 0.6 is 11.6 Å². The van der Waals surface area contributed by atoms with Gasteiger partial charge >= 0.3 is 6.03 Å². The Hall–Kier alpha value is -3.26. The average Bonchev–Trinajstić information content (AvgIpc) is 3.28. The van der Waals surface area contributed by atoms with Crippen LogP contribution in [-0.4, -0.2) is 65.1 Å². The summed E-state index contributed by atoms with van der Waals surface area (Å²) < 4.78 is 7.75. The van der Waals surface area contributed by atoms with Gasteiger partial charge < -0.3 is 19.1 Å². The molecule has 9 heteroatoms. The summed E-state index contributed by atoms with van der Waals surface area (Å²) in [4.78, 5) is 35.4. The number of anilines is 1. The second-order valence-corrected chi connectivity index (χ2v) is 9.73. The number of aromatic nitrogens is 2. The van der Waals surface area contributed by atoms with Crippen molar-refractivity contribution in [1.82, 2.24) is 19.4 Å². The summed E-state index contributed by atoms with van der Waals surface area (Å²) in [5, 5.41) is 1.50. The molecule has 192 valence electrons. The van der Waals surface area contributed by atoms with Crippen LogP contribution in [0.2, 0.25) is 5.02 Å². The highest BCUT2D eigenvalue weighted by molar-refractivity contribution is 6.32. The zero-order chi connectivity index (χ0) is 25.7. The molecule has 0 atom stereocenters. The molecule has 1 aliphatic rings. The molecule has 0 N–H and O–H groups in total. The number of ether oxygens (including phenoxy) is 1. The first kappa shape index (κ1) is 25.8. The van der Waals surface area contributed by atoms with E-state index in [9.17, 15) is 9.59 Å². The van der Waals surface area contributed by atoms with E-state index in [1.807, 2.05) is 39.9 Å². The molecule has 4 rings (SSSR count). The fourth-order valence-electron chi connectivity index (χ4n) is 4.38. The molecule has 3 amide bonds. The van der Waals surface area contributed by atoms with Crippen molar-refractivity contribution in [2.75, 3.05) is 38.7 Å². The number of pyridine rings is 1.